The summed E-state index contributed by atoms with van der Waals surface area (Å²) in [7, 11) is 8.40. The minimum Gasteiger partial charge on any atom is -0.378 e. The van der Waals surface area contributed by atoms with Crippen LogP contribution in [0.1, 0.15) is 22.3 Å². The van der Waals surface area contributed by atoms with E-state index in [4.69, 9.17) is 0 Å². The van der Waals surface area contributed by atoms with E-state index in [9.17, 15) is 0 Å². The van der Waals surface area contributed by atoms with Crippen LogP contribution >= 0.6 is 0 Å². The van der Waals surface area contributed by atoms with Crippen LogP contribution < -0.4 is 9.80 Å². The van der Waals surface area contributed by atoms with E-state index < -0.39 is 0 Å². The van der Waals surface area contributed by atoms with Gasteiger partial charge in [-0.1, -0.05) is 12.1 Å². The number of anilines is 2. The van der Waals surface area contributed by atoms with E-state index in [0.717, 1.165) is 12.8 Å². The van der Waals surface area contributed by atoms with Crippen molar-refractivity contribution >= 4 is 11.4 Å². The van der Waals surface area contributed by atoms with Crippen LogP contribution in [-0.4, -0.2) is 28.2 Å². The Labute approximate surface area is 121 Å². The third-order valence-corrected chi connectivity index (χ3v) is 4.17. The molecular weight excluding hydrogens is 244 g/mol. The molecule has 0 saturated carbocycles. The van der Waals surface area contributed by atoms with Crippen molar-refractivity contribution in [3.05, 3.63) is 58.7 Å². The smallest absolute Gasteiger partial charge is 0.0364 e. The summed E-state index contributed by atoms with van der Waals surface area (Å²) in [5.74, 6) is 0. The van der Waals surface area contributed by atoms with E-state index in [0.29, 0.717) is 0 Å². The highest BCUT2D eigenvalue weighted by molar-refractivity contribution is 5.58. The number of hydrogen-bond donors (Lipinski definition) is 0. The number of fused-ring (bicyclic) bond motifs is 2. The summed E-state index contributed by atoms with van der Waals surface area (Å²) in [6.45, 7) is 0. The van der Waals surface area contributed by atoms with Crippen molar-refractivity contribution in [2.45, 2.75) is 12.8 Å². The average molecular weight is 266 g/mol. The number of benzene rings is 2. The van der Waals surface area contributed by atoms with E-state index in [2.05, 4.69) is 74.4 Å². The lowest BCUT2D eigenvalue weighted by Gasteiger charge is -2.24. The fourth-order valence-corrected chi connectivity index (χ4v) is 2.87. The summed E-state index contributed by atoms with van der Waals surface area (Å²) >= 11 is 0. The quantitative estimate of drug-likeness (QED) is 0.702. The van der Waals surface area contributed by atoms with Gasteiger partial charge in [0.25, 0.3) is 0 Å². The molecule has 0 spiro atoms. The van der Waals surface area contributed by atoms with Crippen molar-refractivity contribution in [1.29, 1.82) is 0 Å². The highest BCUT2D eigenvalue weighted by atomic mass is 15.1. The molecule has 0 radical (unpaired) electrons. The van der Waals surface area contributed by atoms with Gasteiger partial charge in [0.15, 0.2) is 0 Å². The minimum absolute atomic E-state index is 1.05. The fourth-order valence-electron chi connectivity index (χ4n) is 2.87. The number of rotatable bonds is 2. The Morgan fingerprint density at radius 2 is 1.00 bits per heavy atom. The molecule has 0 saturated heterocycles. The largest absolute Gasteiger partial charge is 0.378 e. The zero-order valence-corrected chi connectivity index (χ0v) is 12.8. The molecule has 0 aromatic heterocycles. The zero-order chi connectivity index (χ0) is 14.3. The summed E-state index contributed by atoms with van der Waals surface area (Å²) in [6.07, 6.45) is 2.11. The molecule has 0 aliphatic heterocycles. The van der Waals surface area contributed by atoms with Crippen molar-refractivity contribution in [2.24, 2.45) is 0 Å². The van der Waals surface area contributed by atoms with Crippen LogP contribution in [0.5, 0.6) is 0 Å². The Hall–Kier alpha value is -1.96. The Kier molecular flexibility index (Phi) is 3.17. The number of hydrogen-bond acceptors (Lipinski definition) is 2. The van der Waals surface area contributed by atoms with Gasteiger partial charge < -0.3 is 9.80 Å². The fraction of sp³-hybridized carbons (Fsp3) is 0.333. The van der Waals surface area contributed by atoms with Crippen LogP contribution in [0.25, 0.3) is 0 Å². The van der Waals surface area contributed by atoms with E-state index in [1.807, 2.05) is 0 Å². The molecule has 3 rings (SSSR count). The maximum Gasteiger partial charge on any atom is 0.0364 e. The van der Waals surface area contributed by atoms with Gasteiger partial charge in [0.1, 0.15) is 0 Å². The second-order valence-electron chi connectivity index (χ2n) is 6.05. The zero-order valence-electron chi connectivity index (χ0n) is 12.8. The molecule has 20 heavy (non-hydrogen) atoms. The van der Waals surface area contributed by atoms with Crippen molar-refractivity contribution in [3.63, 3.8) is 0 Å². The molecule has 1 aliphatic carbocycles. The predicted octanol–water partition coefficient (Wildman–Crippen LogP) is 3.31. The summed E-state index contributed by atoms with van der Waals surface area (Å²) in [5.41, 5.74) is 8.47. The van der Waals surface area contributed by atoms with Crippen LogP contribution in [-0.2, 0) is 12.8 Å². The van der Waals surface area contributed by atoms with Gasteiger partial charge in [0, 0.05) is 39.6 Å². The average Bonchev–Trinajstić information content (AvgIpc) is 2.43. The van der Waals surface area contributed by atoms with Gasteiger partial charge in [0.2, 0.25) is 0 Å². The van der Waals surface area contributed by atoms with Crippen LogP contribution in [0.3, 0.4) is 0 Å². The van der Waals surface area contributed by atoms with Crippen LogP contribution in [0.15, 0.2) is 36.4 Å². The first kappa shape index (κ1) is 13.0. The SMILES string of the molecule is CN(C)c1ccc2c(c1)Cc1cc(N(C)C)ccc1C2. The molecule has 0 N–H and O–H groups in total. The Morgan fingerprint density at radius 1 is 0.600 bits per heavy atom. The molecule has 0 bridgehead atoms. The van der Waals surface area contributed by atoms with Gasteiger partial charge in [0.05, 0.1) is 0 Å². The van der Waals surface area contributed by atoms with Gasteiger partial charge in [-0.25, -0.2) is 0 Å². The summed E-state index contributed by atoms with van der Waals surface area (Å²) < 4.78 is 0. The molecule has 0 fully saturated rings. The highest BCUT2D eigenvalue weighted by Gasteiger charge is 2.16. The maximum absolute atomic E-state index is 2.33. The van der Waals surface area contributed by atoms with Crippen molar-refractivity contribution in [3.8, 4) is 0 Å². The van der Waals surface area contributed by atoms with Gasteiger partial charge in [-0.2, -0.15) is 0 Å². The van der Waals surface area contributed by atoms with Crippen molar-refractivity contribution in [1.82, 2.24) is 0 Å². The molecule has 0 unspecified atom stereocenters. The van der Waals surface area contributed by atoms with E-state index >= 15 is 0 Å². The van der Waals surface area contributed by atoms with Gasteiger partial charge in [-0.05, 0) is 59.4 Å². The molecule has 1 aliphatic rings. The maximum atomic E-state index is 2.33. The van der Waals surface area contributed by atoms with Crippen LogP contribution in [0.2, 0.25) is 0 Å². The Bertz CT molecular complexity index is 586. The topological polar surface area (TPSA) is 6.48 Å². The van der Waals surface area contributed by atoms with E-state index in [1.54, 1.807) is 0 Å². The van der Waals surface area contributed by atoms with Crippen LogP contribution in [0, 0.1) is 0 Å². The molecule has 0 atom stereocenters. The van der Waals surface area contributed by atoms with E-state index in [1.165, 1.54) is 33.6 Å². The highest BCUT2D eigenvalue weighted by Crippen LogP contribution is 2.31. The summed E-state index contributed by atoms with van der Waals surface area (Å²) in [6, 6.07) is 13.7. The molecule has 0 heterocycles. The molecule has 2 nitrogen and oxygen atoms in total. The van der Waals surface area contributed by atoms with Crippen molar-refractivity contribution in [2.75, 3.05) is 38.0 Å². The van der Waals surface area contributed by atoms with Crippen LogP contribution in [0.4, 0.5) is 11.4 Å². The Balaban J connectivity index is 1.99. The van der Waals surface area contributed by atoms with E-state index in [-0.39, 0.29) is 0 Å². The first-order valence-corrected chi connectivity index (χ1v) is 7.13. The molecular formula is C18H22N2. The normalized spacial score (nSPS) is 12.6. The third-order valence-electron chi connectivity index (χ3n) is 4.17. The van der Waals surface area contributed by atoms with Gasteiger partial charge in [-0.15, -0.1) is 0 Å². The second-order valence-corrected chi connectivity index (χ2v) is 6.05. The lowest BCUT2D eigenvalue weighted by Crippen LogP contribution is -2.14. The molecule has 2 aromatic carbocycles. The molecule has 2 aromatic rings. The van der Waals surface area contributed by atoms with Crippen molar-refractivity contribution < 1.29 is 0 Å². The molecule has 2 heteroatoms. The van der Waals surface area contributed by atoms with Gasteiger partial charge in [-0.3, -0.25) is 0 Å². The first-order chi connectivity index (χ1) is 9.54. The summed E-state index contributed by atoms with van der Waals surface area (Å²) in [5, 5.41) is 0. The summed E-state index contributed by atoms with van der Waals surface area (Å²) in [4.78, 5) is 4.35. The standard InChI is InChI=1S/C18H22N2/c1-19(2)17-7-5-13-9-14-6-8-18(20(3)4)12-16(14)10-15(13)11-17/h5-8,11-12H,9-10H2,1-4H3. The lowest BCUT2D eigenvalue weighted by atomic mass is 9.85. The van der Waals surface area contributed by atoms with Gasteiger partial charge >= 0.3 is 0 Å². The predicted molar refractivity (Wildman–Crippen MR) is 87.2 cm³/mol. The minimum atomic E-state index is 1.05. The third kappa shape index (κ3) is 2.26. The number of nitrogens with zero attached hydrogens (tertiary/aromatic N) is 2. The second kappa shape index (κ2) is 4.86. The first-order valence-electron chi connectivity index (χ1n) is 7.13. The molecule has 0 amide bonds. The monoisotopic (exact) mass is 266 g/mol. The molecule has 104 valence electrons. The Morgan fingerprint density at radius 3 is 1.40 bits per heavy atom. The lowest BCUT2D eigenvalue weighted by molar-refractivity contribution is 0.987.